The highest BCUT2D eigenvalue weighted by Gasteiger charge is 2.23. The van der Waals surface area contributed by atoms with E-state index in [2.05, 4.69) is 20.6 Å². The smallest absolute Gasteiger partial charge is 0.353 e. The minimum absolute atomic E-state index is 0.108. The predicted octanol–water partition coefficient (Wildman–Crippen LogP) is 1.27. The fourth-order valence-electron chi connectivity index (χ4n) is 1.96. The van der Waals surface area contributed by atoms with Crippen LogP contribution in [0.25, 0.3) is 0 Å². The molecule has 1 unspecified atom stereocenters. The molecule has 1 aromatic heterocycles. The van der Waals surface area contributed by atoms with Gasteiger partial charge in [0, 0.05) is 25.6 Å². The number of ether oxygens (including phenoxy) is 1. The summed E-state index contributed by atoms with van der Waals surface area (Å²) in [6.45, 7) is 4.47. The molecular formula is C11H17N5O3. The summed E-state index contributed by atoms with van der Waals surface area (Å²) < 4.78 is 5.27. The maximum Gasteiger partial charge on any atom is 0.353 e. The van der Waals surface area contributed by atoms with Crippen molar-refractivity contribution in [3.05, 3.63) is 16.4 Å². The van der Waals surface area contributed by atoms with E-state index in [0.29, 0.717) is 25.6 Å². The molecule has 1 aromatic rings. The number of aromatic nitrogens is 2. The van der Waals surface area contributed by atoms with Crippen LogP contribution in [0.1, 0.15) is 13.3 Å². The number of rotatable bonds is 6. The van der Waals surface area contributed by atoms with Crippen LogP contribution in [0.2, 0.25) is 0 Å². The Bertz CT molecular complexity index is 448. The Balaban J connectivity index is 2.13. The Morgan fingerprint density at radius 1 is 1.47 bits per heavy atom. The Labute approximate surface area is 110 Å². The van der Waals surface area contributed by atoms with E-state index < -0.39 is 4.92 Å². The van der Waals surface area contributed by atoms with Gasteiger partial charge in [0.15, 0.2) is 0 Å². The lowest BCUT2D eigenvalue weighted by molar-refractivity contribution is -0.383. The number of anilines is 2. The van der Waals surface area contributed by atoms with Crippen LogP contribution >= 0.6 is 0 Å². The van der Waals surface area contributed by atoms with E-state index in [9.17, 15) is 10.1 Å². The largest absolute Gasteiger partial charge is 0.381 e. The first kappa shape index (κ1) is 13.5. The zero-order valence-corrected chi connectivity index (χ0v) is 10.8. The average molecular weight is 267 g/mol. The molecule has 8 heteroatoms. The summed E-state index contributed by atoms with van der Waals surface area (Å²) in [6, 6.07) is 0. The third-order valence-electron chi connectivity index (χ3n) is 2.93. The molecule has 2 N–H and O–H groups in total. The molecule has 19 heavy (non-hydrogen) atoms. The van der Waals surface area contributed by atoms with Crippen molar-refractivity contribution >= 4 is 17.3 Å². The summed E-state index contributed by atoms with van der Waals surface area (Å²) >= 11 is 0. The number of hydrogen-bond donors (Lipinski definition) is 2. The lowest BCUT2D eigenvalue weighted by atomic mass is 10.1. The molecule has 1 aliphatic heterocycles. The zero-order valence-electron chi connectivity index (χ0n) is 10.8. The van der Waals surface area contributed by atoms with E-state index in [-0.39, 0.29) is 17.3 Å². The first-order valence-electron chi connectivity index (χ1n) is 6.27. The Hall–Kier alpha value is -1.96. The number of nitrogens with zero attached hydrogens (tertiary/aromatic N) is 3. The normalized spacial score (nSPS) is 18.3. The summed E-state index contributed by atoms with van der Waals surface area (Å²) in [5, 5.41) is 17.0. The SMILES string of the molecule is CCNc1ncnc(NCC2CCOC2)c1[N+](=O)[O-]. The molecule has 0 bridgehead atoms. The van der Waals surface area contributed by atoms with Gasteiger partial charge in [0.1, 0.15) is 6.33 Å². The molecule has 0 spiro atoms. The summed E-state index contributed by atoms with van der Waals surface area (Å²) in [4.78, 5) is 18.5. The molecule has 0 aliphatic carbocycles. The summed E-state index contributed by atoms with van der Waals surface area (Å²) in [6.07, 6.45) is 2.28. The van der Waals surface area contributed by atoms with E-state index in [4.69, 9.17) is 4.74 Å². The van der Waals surface area contributed by atoms with Crippen LogP contribution in [0, 0.1) is 16.0 Å². The molecule has 1 fully saturated rings. The van der Waals surface area contributed by atoms with Gasteiger partial charge in [-0.15, -0.1) is 0 Å². The van der Waals surface area contributed by atoms with Gasteiger partial charge in [0.2, 0.25) is 11.6 Å². The summed E-state index contributed by atoms with van der Waals surface area (Å²) in [5.41, 5.74) is -0.108. The highest BCUT2D eigenvalue weighted by molar-refractivity contribution is 5.69. The lowest BCUT2D eigenvalue weighted by Gasteiger charge is -2.11. The monoisotopic (exact) mass is 267 g/mol. The Morgan fingerprint density at radius 3 is 2.79 bits per heavy atom. The number of hydrogen-bond acceptors (Lipinski definition) is 7. The molecule has 104 valence electrons. The molecule has 1 atom stereocenters. The van der Waals surface area contributed by atoms with Gasteiger partial charge in [0.05, 0.1) is 11.5 Å². The van der Waals surface area contributed by atoms with Crippen LogP contribution < -0.4 is 10.6 Å². The summed E-state index contributed by atoms with van der Waals surface area (Å²) in [5.74, 6) is 0.868. The average Bonchev–Trinajstić information content (AvgIpc) is 2.89. The zero-order chi connectivity index (χ0) is 13.7. The first-order valence-corrected chi connectivity index (χ1v) is 6.27. The van der Waals surface area contributed by atoms with Crippen molar-refractivity contribution in [2.75, 3.05) is 36.9 Å². The van der Waals surface area contributed by atoms with E-state index in [0.717, 1.165) is 13.0 Å². The highest BCUT2D eigenvalue weighted by Crippen LogP contribution is 2.29. The van der Waals surface area contributed by atoms with Crippen LogP contribution in [0.3, 0.4) is 0 Å². The second-order valence-electron chi connectivity index (χ2n) is 4.32. The molecule has 8 nitrogen and oxygen atoms in total. The third kappa shape index (κ3) is 3.28. The molecule has 0 aromatic carbocycles. The molecular weight excluding hydrogens is 250 g/mol. The molecule has 2 rings (SSSR count). The fraction of sp³-hybridized carbons (Fsp3) is 0.636. The summed E-state index contributed by atoms with van der Waals surface area (Å²) in [7, 11) is 0. The topological polar surface area (TPSA) is 102 Å². The van der Waals surface area contributed by atoms with Crippen molar-refractivity contribution < 1.29 is 9.66 Å². The maximum absolute atomic E-state index is 11.1. The maximum atomic E-state index is 11.1. The van der Waals surface area contributed by atoms with Gasteiger partial charge in [-0.25, -0.2) is 9.97 Å². The molecule has 2 heterocycles. The van der Waals surface area contributed by atoms with E-state index in [1.165, 1.54) is 6.33 Å². The second kappa shape index (κ2) is 6.28. The highest BCUT2D eigenvalue weighted by atomic mass is 16.6. The van der Waals surface area contributed by atoms with Gasteiger partial charge in [-0.1, -0.05) is 0 Å². The standard InChI is InChI=1S/C11H17N5O3/c1-2-12-10-9(16(17)18)11(15-7-14-10)13-5-8-3-4-19-6-8/h7-8H,2-6H2,1H3,(H2,12,13,14,15). The van der Waals surface area contributed by atoms with Crippen LogP contribution in [-0.2, 0) is 4.74 Å². The van der Waals surface area contributed by atoms with E-state index in [1.54, 1.807) is 0 Å². The Morgan fingerprint density at radius 2 is 2.21 bits per heavy atom. The van der Waals surface area contributed by atoms with Gasteiger partial charge < -0.3 is 15.4 Å². The fourth-order valence-corrected chi connectivity index (χ4v) is 1.96. The van der Waals surface area contributed by atoms with Gasteiger partial charge in [-0.05, 0) is 13.3 Å². The van der Waals surface area contributed by atoms with Crippen LogP contribution in [-0.4, -0.2) is 41.2 Å². The quantitative estimate of drug-likeness (QED) is 0.591. The van der Waals surface area contributed by atoms with Crippen molar-refractivity contribution in [1.82, 2.24) is 9.97 Å². The van der Waals surface area contributed by atoms with Gasteiger partial charge in [-0.3, -0.25) is 10.1 Å². The first-order chi connectivity index (χ1) is 9.22. The van der Waals surface area contributed by atoms with Crippen LogP contribution in [0.4, 0.5) is 17.3 Å². The van der Waals surface area contributed by atoms with Crippen molar-refractivity contribution in [2.24, 2.45) is 5.92 Å². The van der Waals surface area contributed by atoms with E-state index >= 15 is 0 Å². The molecule has 0 amide bonds. The lowest BCUT2D eigenvalue weighted by Crippen LogP contribution is -2.16. The van der Waals surface area contributed by atoms with Gasteiger partial charge in [0.25, 0.3) is 0 Å². The van der Waals surface area contributed by atoms with Gasteiger partial charge >= 0.3 is 5.69 Å². The Kier molecular flexibility index (Phi) is 4.45. The molecule has 1 aliphatic rings. The molecule has 0 radical (unpaired) electrons. The number of nitro groups is 1. The third-order valence-corrected chi connectivity index (χ3v) is 2.93. The van der Waals surface area contributed by atoms with Crippen LogP contribution in [0.15, 0.2) is 6.33 Å². The molecule has 0 saturated carbocycles. The van der Waals surface area contributed by atoms with Gasteiger partial charge in [-0.2, -0.15) is 0 Å². The number of nitrogens with one attached hydrogen (secondary N) is 2. The second-order valence-corrected chi connectivity index (χ2v) is 4.32. The van der Waals surface area contributed by atoms with Crippen LogP contribution in [0.5, 0.6) is 0 Å². The van der Waals surface area contributed by atoms with E-state index in [1.807, 2.05) is 6.92 Å². The van der Waals surface area contributed by atoms with Crippen molar-refractivity contribution in [2.45, 2.75) is 13.3 Å². The van der Waals surface area contributed by atoms with Crippen molar-refractivity contribution in [3.8, 4) is 0 Å². The predicted molar refractivity (Wildman–Crippen MR) is 70.3 cm³/mol. The minimum Gasteiger partial charge on any atom is -0.381 e. The van der Waals surface area contributed by atoms with Crippen molar-refractivity contribution in [3.63, 3.8) is 0 Å². The molecule has 1 saturated heterocycles. The van der Waals surface area contributed by atoms with Crippen molar-refractivity contribution in [1.29, 1.82) is 0 Å². The minimum atomic E-state index is -0.467.